The maximum absolute atomic E-state index is 13.2. The highest BCUT2D eigenvalue weighted by atomic mass is 16.5. The average molecular weight is 444 g/mol. The first-order valence-corrected chi connectivity index (χ1v) is 10.5. The van der Waals surface area contributed by atoms with Gasteiger partial charge >= 0.3 is 12.2 Å². The van der Waals surface area contributed by atoms with E-state index >= 15 is 0 Å². The van der Waals surface area contributed by atoms with Crippen LogP contribution in [0, 0.1) is 5.92 Å². The molecule has 10 nitrogen and oxygen atoms in total. The molecular formula is C22H29N5O5. The number of carbonyl (C=O) groups excluding carboxylic acids is 3. The largest absolute Gasteiger partial charge is 0.453 e. The van der Waals surface area contributed by atoms with E-state index in [9.17, 15) is 14.4 Å². The van der Waals surface area contributed by atoms with Crippen LogP contribution in [0.5, 0.6) is 0 Å². The van der Waals surface area contributed by atoms with Crippen LogP contribution >= 0.6 is 0 Å². The topological polar surface area (TPSA) is 126 Å². The van der Waals surface area contributed by atoms with Crippen LogP contribution in [-0.4, -0.2) is 59.8 Å². The molecule has 1 saturated heterocycles. The van der Waals surface area contributed by atoms with Crippen molar-refractivity contribution in [2.24, 2.45) is 5.92 Å². The Morgan fingerprint density at radius 1 is 1.12 bits per heavy atom. The molecule has 1 aliphatic heterocycles. The summed E-state index contributed by atoms with van der Waals surface area (Å²) in [5.41, 5.74) is 2.31. The van der Waals surface area contributed by atoms with Crippen molar-refractivity contribution in [2.75, 3.05) is 26.1 Å². The standard InChI is InChI=1S/C22H29N5O5/c1-13(2)18(26-22(30)32-4)20(28)27-11-5-6-17(27)19-23-12-16(25-19)14-7-9-15(10-8-14)24-21(29)31-3/h7-10,12-13,17-18H,5-6,11H2,1-4H3,(H,23,25)(H,24,29)(H,26,30)/t17-,18-/m0/s1. The smallest absolute Gasteiger partial charge is 0.411 e. The number of aromatic nitrogens is 2. The van der Waals surface area contributed by atoms with E-state index in [1.165, 1.54) is 14.2 Å². The van der Waals surface area contributed by atoms with Crippen LogP contribution in [0.2, 0.25) is 0 Å². The predicted octanol–water partition coefficient (Wildman–Crippen LogP) is 3.30. The highest BCUT2D eigenvalue weighted by molar-refractivity contribution is 5.86. The molecule has 2 aromatic rings. The van der Waals surface area contributed by atoms with E-state index in [1.807, 2.05) is 26.0 Å². The minimum Gasteiger partial charge on any atom is -0.453 e. The van der Waals surface area contributed by atoms with Crippen LogP contribution in [0.15, 0.2) is 30.5 Å². The Balaban J connectivity index is 1.75. The number of likely N-dealkylation sites (tertiary alicyclic amines) is 1. The zero-order valence-electron chi connectivity index (χ0n) is 18.7. The van der Waals surface area contributed by atoms with Crippen LogP contribution in [-0.2, 0) is 14.3 Å². The van der Waals surface area contributed by atoms with Gasteiger partial charge in [-0.2, -0.15) is 0 Å². The molecule has 0 spiro atoms. The normalized spacial score (nSPS) is 16.5. The van der Waals surface area contributed by atoms with Gasteiger partial charge in [-0.25, -0.2) is 14.6 Å². The summed E-state index contributed by atoms with van der Waals surface area (Å²) >= 11 is 0. The average Bonchev–Trinajstić information content (AvgIpc) is 3.46. The molecule has 2 heterocycles. The van der Waals surface area contributed by atoms with Crippen LogP contribution in [0.4, 0.5) is 15.3 Å². The van der Waals surface area contributed by atoms with Gasteiger partial charge in [0.15, 0.2) is 0 Å². The number of nitrogens with zero attached hydrogens (tertiary/aromatic N) is 2. The third-order valence-corrected chi connectivity index (χ3v) is 5.47. The zero-order chi connectivity index (χ0) is 23.3. The summed E-state index contributed by atoms with van der Waals surface area (Å²) in [5.74, 6) is 0.458. The molecule has 3 rings (SSSR count). The fraction of sp³-hybridized carbons (Fsp3) is 0.455. The third kappa shape index (κ3) is 5.19. The van der Waals surface area contributed by atoms with E-state index in [-0.39, 0.29) is 17.9 Å². The number of H-pyrrole nitrogens is 1. The lowest BCUT2D eigenvalue weighted by atomic mass is 10.0. The summed E-state index contributed by atoms with van der Waals surface area (Å²) < 4.78 is 9.26. The van der Waals surface area contributed by atoms with E-state index < -0.39 is 18.2 Å². The van der Waals surface area contributed by atoms with Crippen LogP contribution in [0.1, 0.15) is 38.6 Å². The molecule has 32 heavy (non-hydrogen) atoms. The van der Waals surface area contributed by atoms with Crippen LogP contribution < -0.4 is 10.6 Å². The number of nitrogens with one attached hydrogen (secondary N) is 3. The Morgan fingerprint density at radius 3 is 2.44 bits per heavy atom. The van der Waals surface area contributed by atoms with Crippen molar-refractivity contribution in [3.05, 3.63) is 36.3 Å². The quantitative estimate of drug-likeness (QED) is 0.629. The highest BCUT2D eigenvalue weighted by Crippen LogP contribution is 2.32. The number of benzene rings is 1. The second-order valence-electron chi connectivity index (χ2n) is 7.92. The molecule has 172 valence electrons. The number of ether oxygens (including phenoxy) is 2. The van der Waals surface area contributed by atoms with Gasteiger partial charge < -0.3 is 24.7 Å². The van der Waals surface area contributed by atoms with Gasteiger partial charge in [0.25, 0.3) is 0 Å². The van der Waals surface area contributed by atoms with Crippen molar-refractivity contribution in [3.63, 3.8) is 0 Å². The second-order valence-corrected chi connectivity index (χ2v) is 7.92. The number of rotatable bonds is 6. The number of aromatic amines is 1. The Hall–Kier alpha value is -3.56. The van der Waals surface area contributed by atoms with E-state index in [4.69, 9.17) is 0 Å². The minimum atomic E-state index is -0.674. The number of carbonyl (C=O) groups is 3. The Kier molecular flexibility index (Phi) is 7.34. The first-order chi connectivity index (χ1) is 15.3. The predicted molar refractivity (Wildman–Crippen MR) is 118 cm³/mol. The first kappa shape index (κ1) is 23.1. The fourth-order valence-electron chi connectivity index (χ4n) is 3.75. The molecule has 0 aliphatic carbocycles. The van der Waals surface area contributed by atoms with Crippen LogP contribution in [0.25, 0.3) is 11.3 Å². The Labute approximate surface area is 186 Å². The summed E-state index contributed by atoms with van der Waals surface area (Å²) in [7, 11) is 2.58. The first-order valence-electron chi connectivity index (χ1n) is 10.5. The van der Waals surface area contributed by atoms with Crippen molar-refractivity contribution in [1.29, 1.82) is 0 Å². The number of imidazole rings is 1. The maximum atomic E-state index is 13.2. The van der Waals surface area contributed by atoms with Crippen molar-refractivity contribution >= 4 is 23.8 Å². The molecule has 10 heteroatoms. The molecule has 1 aromatic heterocycles. The zero-order valence-corrected chi connectivity index (χ0v) is 18.7. The summed E-state index contributed by atoms with van der Waals surface area (Å²) in [5, 5.41) is 5.25. The van der Waals surface area contributed by atoms with Crippen LogP contribution in [0.3, 0.4) is 0 Å². The van der Waals surface area contributed by atoms with Gasteiger partial charge in [0.2, 0.25) is 5.91 Å². The summed E-state index contributed by atoms with van der Waals surface area (Å²) in [6.07, 6.45) is 2.20. The molecule has 0 radical (unpaired) electrons. The molecule has 3 amide bonds. The fourth-order valence-corrected chi connectivity index (χ4v) is 3.75. The molecule has 1 aromatic carbocycles. The van der Waals surface area contributed by atoms with Gasteiger partial charge in [0, 0.05) is 12.2 Å². The number of alkyl carbamates (subject to hydrolysis) is 1. The van der Waals surface area contributed by atoms with Gasteiger partial charge in [0.05, 0.1) is 32.2 Å². The van der Waals surface area contributed by atoms with Gasteiger partial charge in [-0.1, -0.05) is 26.0 Å². The summed E-state index contributed by atoms with van der Waals surface area (Å²) in [6.45, 7) is 4.36. The molecule has 0 unspecified atom stereocenters. The number of anilines is 1. The monoisotopic (exact) mass is 443 g/mol. The van der Waals surface area contributed by atoms with Crippen molar-refractivity contribution < 1.29 is 23.9 Å². The van der Waals surface area contributed by atoms with Crippen molar-refractivity contribution in [3.8, 4) is 11.3 Å². The lowest BCUT2D eigenvalue weighted by Gasteiger charge is -2.30. The van der Waals surface area contributed by atoms with Gasteiger partial charge in [-0.05, 0) is 36.5 Å². The highest BCUT2D eigenvalue weighted by Gasteiger charge is 2.37. The molecule has 0 saturated carbocycles. The maximum Gasteiger partial charge on any atom is 0.411 e. The lowest BCUT2D eigenvalue weighted by molar-refractivity contribution is -0.135. The number of amides is 3. The molecule has 1 aliphatic rings. The SMILES string of the molecule is COC(=O)Nc1ccc(-c2cnc([C@@H]3CCCN3C(=O)[C@@H](NC(=O)OC)C(C)C)[nH]2)cc1. The van der Waals surface area contributed by atoms with Gasteiger partial charge in [-0.3, -0.25) is 10.1 Å². The van der Waals surface area contributed by atoms with E-state index in [1.54, 1.807) is 23.2 Å². The summed E-state index contributed by atoms with van der Waals surface area (Å²) in [6, 6.07) is 6.38. The number of hydrogen-bond acceptors (Lipinski definition) is 6. The van der Waals surface area contributed by atoms with Gasteiger partial charge in [-0.15, -0.1) is 0 Å². The third-order valence-electron chi connectivity index (χ3n) is 5.47. The number of methoxy groups -OCH3 is 2. The van der Waals surface area contributed by atoms with Crippen molar-refractivity contribution in [1.82, 2.24) is 20.2 Å². The molecule has 3 N–H and O–H groups in total. The van der Waals surface area contributed by atoms with E-state index in [0.29, 0.717) is 18.1 Å². The van der Waals surface area contributed by atoms with Gasteiger partial charge in [0.1, 0.15) is 11.9 Å². The molecule has 2 atom stereocenters. The number of hydrogen-bond donors (Lipinski definition) is 3. The summed E-state index contributed by atoms with van der Waals surface area (Å²) in [4.78, 5) is 45.9. The minimum absolute atomic E-state index is 0.0906. The van der Waals surface area contributed by atoms with E-state index in [2.05, 4.69) is 30.1 Å². The molecular weight excluding hydrogens is 414 g/mol. The Bertz CT molecular complexity index is 956. The second kappa shape index (κ2) is 10.2. The van der Waals surface area contributed by atoms with E-state index in [0.717, 1.165) is 24.1 Å². The lowest BCUT2D eigenvalue weighted by Crippen LogP contribution is -2.51. The van der Waals surface area contributed by atoms with Crippen molar-refractivity contribution in [2.45, 2.75) is 38.8 Å². The molecule has 0 bridgehead atoms. The molecule has 1 fully saturated rings. The Morgan fingerprint density at radius 2 is 1.81 bits per heavy atom.